The van der Waals surface area contributed by atoms with Gasteiger partial charge in [-0.3, -0.25) is 0 Å². The molecule has 2 aromatic carbocycles. The minimum Gasteiger partial charge on any atom is -0.462 e. The zero-order valence-electron chi connectivity index (χ0n) is 18.7. The summed E-state index contributed by atoms with van der Waals surface area (Å²) in [5, 5.41) is 0. The van der Waals surface area contributed by atoms with Gasteiger partial charge in [-0.1, -0.05) is 36.4 Å². The Morgan fingerprint density at radius 1 is 0.771 bits per heavy atom. The van der Waals surface area contributed by atoms with E-state index in [1.165, 1.54) is 36.4 Å². The standard InChI is InChI=1S/C24H23N3O8/c28-17-25-14-8-7-13-21(22(30)33-16-15-26-18-29)27(23(31)34-19-9-3-1-4-10-19)24(32)35-20-11-5-2-6-12-20/h1-6,9-12,21H,7-8,13-16H2. The average Bonchev–Trinajstić information content (AvgIpc) is 2.86. The highest BCUT2D eigenvalue weighted by molar-refractivity contribution is 5.95. The van der Waals surface area contributed by atoms with Crippen molar-refractivity contribution in [3.05, 3.63) is 60.7 Å². The van der Waals surface area contributed by atoms with Gasteiger partial charge in [0.25, 0.3) is 0 Å². The van der Waals surface area contributed by atoms with E-state index in [9.17, 15) is 24.0 Å². The van der Waals surface area contributed by atoms with Crippen molar-refractivity contribution in [1.29, 1.82) is 0 Å². The normalized spacial score (nSPS) is 10.6. The fraction of sp³-hybridized carbons (Fsp3) is 0.292. The van der Waals surface area contributed by atoms with Gasteiger partial charge in [-0.2, -0.15) is 4.90 Å². The van der Waals surface area contributed by atoms with E-state index in [0.717, 1.165) is 0 Å². The Bertz CT molecular complexity index is 1010. The number of isocyanates is 2. The van der Waals surface area contributed by atoms with Crippen LogP contribution in [-0.2, 0) is 19.1 Å². The van der Waals surface area contributed by atoms with Crippen LogP contribution in [0.3, 0.4) is 0 Å². The van der Waals surface area contributed by atoms with E-state index < -0.39 is 24.2 Å². The number of esters is 1. The van der Waals surface area contributed by atoms with E-state index in [1.54, 1.807) is 36.4 Å². The van der Waals surface area contributed by atoms with Crippen molar-refractivity contribution < 1.29 is 38.2 Å². The van der Waals surface area contributed by atoms with E-state index in [4.69, 9.17) is 14.2 Å². The minimum absolute atomic E-state index is 0.0298. The molecule has 1 atom stereocenters. The molecule has 2 amide bonds. The largest absolute Gasteiger partial charge is 0.462 e. The Hall–Kier alpha value is -4.59. The number of rotatable bonds is 12. The van der Waals surface area contributed by atoms with Crippen molar-refractivity contribution in [3.63, 3.8) is 0 Å². The van der Waals surface area contributed by atoms with Gasteiger partial charge in [0.2, 0.25) is 12.2 Å². The molecule has 0 radical (unpaired) electrons. The van der Waals surface area contributed by atoms with Crippen molar-refractivity contribution in [1.82, 2.24) is 4.90 Å². The molecule has 11 heteroatoms. The Balaban J connectivity index is 2.30. The fourth-order valence-corrected chi connectivity index (χ4v) is 2.87. The molecule has 0 aliphatic rings. The summed E-state index contributed by atoms with van der Waals surface area (Å²) < 4.78 is 15.7. The van der Waals surface area contributed by atoms with E-state index in [2.05, 4.69) is 9.98 Å². The molecule has 0 N–H and O–H groups in total. The number of imide groups is 1. The van der Waals surface area contributed by atoms with Gasteiger partial charge >= 0.3 is 18.2 Å². The second-order valence-electron chi connectivity index (χ2n) is 6.86. The maximum atomic E-state index is 13.1. The summed E-state index contributed by atoms with van der Waals surface area (Å²) in [6.07, 6.45) is 1.07. The molecule has 0 heterocycles. The van der Waals surface area contributed by atoms with Gasteiger partial charge in [0.05, 0.1) is 13.1 Å². The van der Waals surface area contributed by atoms with Gasteiger partial charge in [-0.25, -0.2) is 34.0 Å². The van der Waals surface area contributed by atoms with Crippen LogP contribution in [0.4, 0.5) is 9.59 Å². The van der Waals surface area contributed by atoms with Gasteiger partial charge in [0.15, 0.2) is 0 Å². The number of nitrogens with zero attached hydrogens (tertiary/aromatic N) is 3. The first kappa shape index (κ1) is 26.7. The summed E-state index contributed by atoms with van der Waals surface area (Å²) in [5.74, 6) is -0.648. The van der Waals surface area contributed by atoms with Gasteiger partial charge < -0.3 is 14.2 Å². The number of hydrogen-bond donors (Lipinski definition) is 0. The van der Waals surface area contributed by atoms with Crippen molar-refractivity contribution in [2.24, 2.45) is 9.98 Å². The number of aliphatic imine (C=N–C) groups is 2. The number of para-hydroxylation sites is 2. The maximum Gasteiger partial charge on any atom is 0.425 e. The molecular weight excluding hydrogens is 458 g/mol. The van der Waals surface area contributed by atoms with E-state index >= 15 is 0 Å². The van der Waals surface area contributed by atoms with Crippen LogP contribution in [0.1, 0.15) is 19.3 Å². The summed E-state index contributed by atoms with van der Waals surface area (Å²) in [5.41, 5.74) is 0. The Morgan fingerprint density at radius 3 is 1.80 bits per heavy atom. The van der Waals surface area contributed by atoms with Crippen LogP contribution < -0.4 is 9.47 Å². The molecular formula is C24H23N3O8. The summed E-state index contributed by atoms with van der Waals surface area (Å²) in [6, 6.07) is 14.5. The number of carbonyl (C=O) groups excluding carboxylic acids is 5. The predicted molar refractivity (Wildman–Crippen MR) is 121 cm³/mol. The topological polar surface area (TPSA) is 141 Å². The molecule has 2 rings (SSSR count). The van der Waals surface area contributed by atoms with Gasteiger partial charge in [0.1, 0.15) is 24.1 Å². The molecule has 0 aromatic heterocycles. The lowest BCUT2D eigenvalue weighted by atomic mass is 10.1. The van der Waals surface area contributed by atoms with Gasteiger partial charge in [0, 0.05) is 0 Å². The van der Waals surface area contributed by atoms with E-state index in [-0.39, 0.29) is 37.6 Å². The summed E-state index contributed by atoms with van der Waals surface area (Å²) in [4.78, 5) is 66.8. The molecule has 2 aromatic rings. The lowest BCUT2D eigenvalue weighted by molar-refractivity contribution is -0.148. The molecule has 0 saturated carbocycles. The summed E-state index contributed by atoms with van der Waals surface area (Å²) in [6.45, 7) is -0.253. The molecule has 182 valence electrons. The minimum atomic E-state index is -1.43. The molecule has 0 aliphatic carbocycles. The van der Waals surface area contributed by atoms with Crippen LogP contribution in [0, 0.1) is 0 Å². The lowest BCUT2D eigenvalue weighted by Crippen LogP contribution is -2.51. The molecule has 0 saturated heterocycles. The smallest absolute Gasteiger partial charge is 0.425 e. The SMILES string of the molecule is O=C=NCCCCC(C(=O)OCCN=C=O)N(C(=O)Oc1ccccc1)C(=O)Oc1ccccc1. The van der Waals surface area contributed by atoms with Crippen LogP contribution in [0.25, 0.3) is 0 Å². The quantitative estimate of drug-likeness (QED) is 0.194. The summed E-state index contributed by atoms with van der Waals surface area (Å²) >= 11 is 0. The highest BCUT2D eigenvalue weighted by atomic mass is 16.6. The number of amides is 2. The van der Waals surface area contributed by atoms with Crippen molar-refractivity contribution in [2.75, 3.05) is 19.7 Å². The molecule has 1 unspecified atom stereocenters. The second kappa shape index (κ2) is 15.3. The Labute approximate surface area is 201 Å². The van der Waals surface area contributed by atoms with Crippen LogP contribution in [0.15, 0.2) is 70.6 Å². The highest BCUT2D eigenvalue weighted by Gasteiger charge is 2.38. The second-order valence-corrected chi connectivity index (χ2v) is 6.86. The highest BCUT2D eigenvalue weighted by Crippen LogP contribution is 2.19. The first-order valence-electron chi connectivity index (χ1n) is 10.6. The van der Waals surface area contributed by atoms with Crippen molar-refractivity contribution in [2.45, 2.75) is 25.3 Å². The number of hydrogen-bond acceptors (Lipinski definition) is 10. The monoisotopic (exact) mass is 481 g/mol. The third-order valence-corrected chi connectivity index (χ3v) is 4.45. The number of carbonyl (C=O) groups is 3. The third-order valence-electron chi connectivity index (χ3n) is 4.45. The van der Waals surface area contributed by atoms with Gasteiger partial charge in [-0.15, -0.1) is 0 Å². The first-order valence-corrected chi connectivity index (χ1v) is 10.6. The van der Waals surface area contributed by atoms with Crippen LogP contribution in [0.5, 0.6) is 11.5 Å². The Morgan fingerprint density at radius 2 is 1.29 bits per heavy atom. The van der Waals surface area contributed by atoms with Crippen LogP contribution in [0.2, 0.25) is 0 Å². The molecule has 0 fully saturated rings. The zero-order chi connectivity index (χ0) is 25.3. The number of unbranched alkanes of at least 4 members (excludes halogenated alkanes) is 1. The molecule has 0 bridgehead atoms. The first-order chi connectivity index (χ1) is 17.1. The molecule has 0 spiro atoms. The van der Waals surface area contributed by atoms with E-state index in [0.29, 0.717) is 17.7 Å². The molecule has 0 aliphatic heterocycles. The third kappa shape index (κ3) is 9.43. The predicted octanol–water partition coefficient (Wildman–Crippen LogP) is 3.44. The number of benzene rings is 2. The van der Waals surface area contributed by atoms with Gasteiger partial charge in [-0.05, 0) is 43.5 Å². The average molecular weight is 481 g/mol. The summed E-state index contributed by atoms with van der Waals surface area (Å²) in [7, 11) is 0. The fourth-order valence-electron chi connectivity index (χ4n) is 2.87. The van der Waals surface area contributed by atoms with Crippen LogP contribution in [-0.4, -0.2) is 61.0 Å². The number of ether oxygens (including phenoxy) is 3. The Kier molecular flexibility index (Phi) is 11.6. The van der Waals surface area contributed by atoms with Crippen molar-refractivity contribution >= 4 is 30.3 Å². The molecule has 11 nitrogen and oxygen atoms in total. The molecule has 35 heavy (non-hydrogen) atoms. The lowest BCUT2D eigenvalue weighted by Gasteiger charge is -2.27. The van der Waals surface area contributed by atoms with Crippen molar-refractivity contribution in [3.8, 4) is 11.5 Å². The maximum absolute atomic E-state index is 13.1. The van der Waals surface area contributed by atoms with Crippen LogP contribution >= 0.6 is 0 Å². The zero-order valence-corrected chi connectivity index (χ0v) is 18.7. The van der Waals surface area contributed by atoms with E-state index in [1.807, 2.05) is 0 Å².